The third-order valence-corrected chi connectivity index (χ3v) is 9.57. The molecule has 3 aliphatic carbocycles. The van der Waals surface area contributed by atoms with Crippen LogP contribution in [-0.4, -0.2) is 70.4 Å². The van der Waals surface area contributed by atoms with Crippen molar-refractivity contribution in [1.82, 2.24) is 4.72 Å². The molecule has 8 atom stereocenters. The van der Waals surface area contributed by atoms with Gasteiger partial charge in [-0.3, -0.25) is 14.4 Å². The molecule has 212 valence electrons. The number of nitrogens with two attached hydrogens (primary N) is 1. The molecule has 3 aliphatic rings. The third-order valence-electron chi connectivity index (χ3n) is 9.10. The van der Waals surface area contributed by atoms with Gasteiger partial charge in [0.25, 0.3) is 0 Å². The number of primary amides is 1. The van der Waals surface area contributed by atoms with Crippen molar-refractivity contribution in [2.45, 2.75) is 58.3 Å². The number of fused-ring (bicyclic) bond motifs is 3. The number of sulfonamides is 1. The number of hydrogen-bond donors (Lipinski definition) is 6. The van der Waals surface area contributed by atoms with Gasteiger partial charge in [0, 0.05) is 17.0 Å². The van der Waals surface area contributed by atoms with E-state index >= 15 is 0 Å². The zero-order valence-electron chi connectivity index (χ0n) is 22.3. The molecule has 1 amide bonds. The summed E-state index contributed by atoms with van der Waals surface area (Å²) in [5.74, 6) is -5.08. The van der Waals surface area contributed by atoms with Crippen molar-refractivity contribution in [3.05, 3.63) is 28.8 Å². The molecule has 11 nitrogen and oxygen atoms in total. The van der Waals surface area contributed by atoms with Gasteiger partial charge in [-0.15, -0.1) is 0 Å². The molecule has 0 saturated heterocycles. The number of phenols is 1. The number of amides is 1. The smallest absolute Gasteiger partial charge is 0.236 e. The lowest BCUT2D eigenvalue weighted by atomic mass is 9.39. The zero-order valence-corrected chi connectivity index (χ0v) is 23.2. The van der Waals surface area contributed by atoms with Gasteiger partial charge >= 0.3 is 0 Å². The molecule has 0 radical (unpaired) electrons. The molecule has 2 unspecified atom stereocenters. The van der Waals surface area contributed by atoms with Gasteiger partial charge in [-0.25, -0.2) is 13.1 Å². The average Bonchev–Trinajstić information content (AvgIpc) is 2.76. The van der Waals surface area contributed by atoms with Crippen LogP contribution in [0, 0.1) is 46.5 Å². The highest BCUT2D eigenvalue weighted by atomic mass is 32.2. The van der Waals surface area contributed by atoms with Crippen molar-refractivity contribution in [2.24, 2.45) is 40.2 Å². The zero-order chi connectivity index (χ0) is 29.5. The number of carbonyl (C=O) groups excluding carboxylic acids is 3. The molecule has 12 heteroatoms. The topological polar surface area (TPSA) is 204 Å². The Morgan fingerprint density at radius 3 is 2.36 bits per heavy atom. The first-order valence-electron chi connectivity index (χ1n) is 12.6. The Labute approximate surface area is 226 Å². The number of rotatable bonds is 3. The standard InChI is InChI=1S/C27H34N2O9S/c1-12(2)18-21(32)17(24(28)35)22(33)27(36)23(34)19-20(31)16-14(10-25(19,3)11-26(18,27)4)13(6-7-15(16)30)8-9-29-39(5,37)38/h6-7,12,17-19,21,23,29-30,32,34,36H,10-11H2,1-5H3,(H2,28,35)/t17-,18+,19-,21?,23?,25-,26-,27+/m1/s1. The van der Waals surface area contributed by atoms with Crippen LogP contribution in [0.2, 0.25) is 0 Å². The second-order valence-electron chi connectivity index (χ2n) is 12.1. The molecular weight excluding hydrogens is 528 g/mol. The van der Waals surface area contributed by atoms with E-state index in [-0.39, 0.29) is 29.9 Å². The van der Waals surface area contributed by atoms with Crippen LogP contribution < -0.4 is 10.5 Å². The highest BCUT2D eigenvalue weighted by Gasteiger charge is 2.75. The number of aliphatic hydroxyl groups is 3. The second kappa shape index (κ2) is 9.02. The van der Waals surface area contributed by atoms with Gasteiger partial charge in [0.1, 0.15) is 17.8 Å². The van der Waals surface area contributed by atoms with E-state index in [1.54, 1.807) is 27.7 Å². The number of Topliss-reactive ketones (excluding diaryl/α,β-unsaturated/α-hetero) is 2. The van der Waals surface area contributed by atoms with E-state index in [2.05, 4.69) is 16.7 Å². The molecule has 2 saturated carbocycles. The third kappa shape index (κ3) is 4.06. The van der Waals surface area contributed by atoms with Crippen molar-refractivity contribution < 1.29 is 43.2 Å². The number of phenolic OH excluding ortho intramolecular Hbond substituents is 1. The predicted octanol–water partition coefficient (Wildman–Crippen LogP) is -0.569. The summed E-state index contributed by atoms with van der Waals surface area (Å²) in [6.07, 6.45) is -2.50. The maximum Gasteiger partial charge on any atom is 0.236 e. The minimum absolute atomic E-state index is 0.00928. The Kier molecular flexibility index (Phi) is 6.71. The van der Waals surface area contributed by atoms with E-state index in [0.717, 1.165) is 6.26 Å². The van der Waals surface area contributed by atoms with Crippen LogP contribution in [0.3, 0.4) is 0 Å². The molecule has 7 N–H and O–H groups in total. The Morgan fingerprint density at radius 1 is 1.21 bits per heavy atom. The van der Waals surface area contributed by atoms with Gasteiger partial charge < -0.3 is 26.2 Å². The number of nitrogens with one attached hydrogen (secondary N) is 1. The summed E-state index contributed by atoms with van der Waals surface area (Å²) in [6, 6.07) is 5.00. The maximum absolute atomic E-state index is 14.0. The molecule has 2 fully saturated rings. The summed E-state index contributed by atoms with van der Waals surface area (Å²) >= 11 is 0. The quantitative estimate of drug-likeness (QED) is 0.158. The van der Waals surface area contributed by atoms with E-state index in [1.807, 2.05) is 0 Å². The van der Waals surface area contributed by atoms with Crippen molar-refractivity contribution in [2.75, 3.05) is 6.26 Å². The highest BCUT2D eigenvalue weighted by Crippen LogP contribution is 2.65. The normalized spacial score (nSPS) is 37.7. The molecule has 0 aliphatic heterocycles. The lowest BCUT2D eigenvalue weighted by Gasteiger charge is -2.66. The van der Waals surface area contributed by atoms with E-state index < -0.39 is 79.6 Å². The molecule has 0 bridgehead atoms. The van der Waals surface area contributed by atoms with Gasteiger partial charge in [-0.05, 0) is 53.7 Å². The number of benzene rings is 1. The SMILES string of the molecule is CC(C)[C@H]1C(O)[C@@H](C(N)=O)C(=O)[C@]2(O)C(O)[C@H]3C(=O)c4c(O)ccc(C#CNS(C)(=O)=O)c4C[C@]3(C)C[C@]12C. The largest absolute Gasteiger partial charge is 0.507 e. The second-order valence-corrected chi connectivity index (χ2v) is 13.8. The Bertz CT molecular complexity index is 1440. The van der Waals surface area contributed by atoms with Crippen LogP contribution in [-0.2, 0) is 26.0 Å². The fourth-order valence-corrected chi connectivity index (χ4v) is 8.07. The van der Waals surface area contributed by atoms with Crippen molar-refractivity contribution in [3.8, 4) is 17.7 Å². The fourth-order valence-electron chi connectivity index (χ4n) is 7.84. The van der Waals surface area contributed by atoms with E-state index in [4.69, 9.17) is 5.73 Å². The van der Waals surface area contributed by atoms with Crippen LogP contribution in [0.4, 0.5) is 0 Å². The summed E-state index contributed by atoms with van der Waals surface area (Å²) in [4.78, 5) is 39.9. The summed E-state index contributed by atoms with van der Waals surface area (Å²) in [5, 5.41) is 45.6. The molecule has 1 aromatic carbocycles. The van der Waals surface area contributed by atoms with Crippen LogP contribution in [0.15, 0.2) is 12.1 Å². The fraction of sp³-hybridized carbons (Fsp3) is 0.593. The van der Waals surface area contributed by atoms with Crippen LogP contribution in [0.5, 0.6) is 5.75 Å². The first kappa shape index (κ1) is 29.0. The molecular formula is C27H34N2O9S. The predicted molar refractivity (Wildman–Crippen MR) is 138 cm³/mol. The monoisotopic (exact) mass is 562 g/mol. The first-order chi connectivity index (χ1) is 17.8. The van der Waals surface area contributed by atoms with E-state index in [0.29, 0.717) is 5.56 Å². The minimum Gasteiger partial charge on any atom is -0.507 e. The Hall–Kier alpha value is -2.98. The number of carbonyl (C=O) groups is 3. The van der Waals surface area contributed by atoms with Gasteiger partial charge in [-0.1, -0.05) is 27.7 Å². The van der Waals surface area contributed by atoms with Gasteiger partial charge in [0.05, 0.1) is 23.8 Å². The lowest BCUT2D eigenvalue weighted by Crippen LogP contribution is -2.79. The highest BCUT2D eigenvalue weighted by molar-refractivity contribution is 7.88. The summed E-state index contributed by atoms with van der Waals surface area (Å²) < 4.78 is 25.0. The lowest BCUT2D eigenvalue weighted by molar-refractivity contribution is -0.265. The molecule has 4 rings (SSSR count). The van der Waals surface area contributed by atoms with Crippen LogP contribution >= 0.6 is 0 Å². The number of aliphatic hydroxyl groups excluding tert-OH is 2. The van der Waals surface area contributed by atoms with Crippen LogP contribution in [0.1, 0.15) is 55.6 Å². The summed E-state index contributed by atoms with van der Waals surface area (Å²) in [7, 11) is -3.63. The van der Waals surface area contributed by atoms with Crippen molar-refractivity contribution in [1.29, 1.82) is 0 Å². The average molecular weight is 563 g/mol. The van der Waals surface area contributed by atoms with E-state index in [9.17, 15) is 43.2 Å². The van der Waals surface area contributed by atoms with Crippen LogP contribution in [0.25, 0.3) is 0 Å². The van der Waals surface area contributed by atoms with Gasteiger partial charge in [-0.2, -0.15) is 0 Å². The summed E-state index contributed by atoms with van der Waals surface area (Å²) in [6.45, 7) is 6.81. The maximum atomic E-state index is 14.0. The van der Waals surface area contributed by atoms with Gasteiger partial charge in [0.15, 0.2) is 17.2 Å². The van der Waals surface area contributed by atoms with Crippen molar-refractivity contribution in [3.63, 3.8) is 0 Å². The molecule has 0 spiro atoms. The molecule has 1 aromatic rings. The Morgan fingerprint density at radius 2 is 1.82 bits per heavy atom. The first-order valence-corrected chi connectivity index (χ1v) is 14.5. The molecule has 0 aromatic heterocycles. The van der Waals surface area contributed by atoms with Crippen molar-refractivity contribution >= 4 is 27.5 Å². The van der Waals surface area contributed by atoms with Gasteiger partial charge in [0.2, 0.25) is 15.9 Å². The number of ketones is 2. The molecule has 39 heavy (non-hydrogen) atoms. The molecule has 0 heterocycles. The summed E-state index contributed by atoms with van der Waals surface area (Å²) in [5.41, 5.74) is 0.765. The van der Waals surface area contributed by atoms with E-state index in [1.165, 1.54) is 12.1 Å². The number of aromatic hydroxyl groups is 1. The minimum atomic E-state index is -3.63. The Balaban J connectivity index is 1.93. The number of hydrogen-bond acceptors (Lipinski definition) is 9.